The first-order valence-corrected chi connectivity index (χ1v) is 3.60. The van der Waals surface area contributed by atoms with Crippen LogP contribution in [0.4, 0.5) is 0 Å². The van der Waals surface area contributed by atoms with Crippen LogP contribution in [0.15, 0.2) is 0 Å². The SMILES string of the molecule is CC(=O)C(C(=O)O)N1CCC1. The minimum Gasteiger partial charge on any atom is -0.480 e. The Labute approximate surface area is 64.8 Å². The van der Waals surface area contributed by atoms with E-state index in [1.807, 2.05) is 0 Å². The molecule has 0 radical (unpaired) electrons. The summed E-state index contributed by atoms with van der Waals surface area (Å²) in [6.07, 6.45) is 0.997. The number of aliphatic carboxylic acids is 1. The van der Waals surface area contributed by atoms with Crippen LogP contribution < -0.4 is 0 Å². The van der Waals surface area contributed by atoms with Crippen LogP contribution in [0, 0.1) is 0 Å². The smallest absolute Gasteiger partial charge is 0.328 e. The number of carbonyl (C=O) groups is 2. The lowest BCUT2D eigenvalue weighted by Crippen LogP contribution is -2.52. The molecular weight excluding hydrogens is 146 g/mol. The van der Waals surface area contributed by atoms with Gasteiger partial charge in [-0.25, -0.2) is 0 Å². The van der Waals surface area contributed by atoms with Crippen molar-refractivity contribution in [1.82, 2.24) is 4.90 Å². The lowest BCUT2D eigenvalue weighted by Gasteiger charge is -2.34. The van der Waals surface area contributed by atoms with E-state index < -0.39 is 12.0 Å². The van der Waals surface area contributed by atoms with Crippen LogP contribution in [0.2, 0.25) is 0 Å². The van der Waals surface area contributed by atoms with E-state index in [1.54, 1.807) is 4.90 Å². The van der Waals surface area contributed by atoms with Crippen LogP contribution >= 0.6 is 0 Å². The predicted octanol–water partition coefficient (Wildman–Crippen LogP) is -0.266. The molecule has 1 aliphatic rings. The fourth-order valence-electron chi connectivity index (χ4n) is 1.19. The van der Waals surface area contributed by atoms with Crippen LogP contribution in [-0.2, 0) is 9.59 Å². The van der Waals surface area contributed by atoms with E-state index in [2.05, 4.69) is 0 Å². The highest BCUT2D eigenvalue weighted by Gasteiger charge is 2.32. The number of rotatable bonds is 3. The Morgan fingerprint density at radius 2 is 2.00 bits per heavy atom. The minimum atomic E-state index is -1.03. The van der Waals surface area contributed by atoms with E-state index in [4.69, 9.17) is 5.11 Å². The molecule has 1 fully saturated rings. The van der Waals surface area contributed by atoms with Gasteiger partial charge in [0.15, 0.2) is 11.8 Å². The van der Waals surface area contributed by atoms with Crippen molar-refractivity contribution in [3.8, 4) is 0 Å². The number of carboxylic acid groups (broad SMARTS) is 1. The van der Waals surface area contributed by atoms with Gasteiger partial charge in [0.25, 0.3) is 0 Å². The highest BCUT2D eigenvalue weighted by molar-refractivity contribution is 6.01. The molecule has 1 rings (SSSR count). The predicted molar refractivity (Wildman–Crippen MR) is 38.3 cm³/mol. The zero-order chi connectivity index (χ0) is 8.43. The molecule has 1 atom stereocenters. The summed E-state index contributed by atoms with van der Waals surface area (Å²) < 4.78 is 0. The van der Waals surface area contributed by atoms with Gasteiger partial charge in [0.05, 0.1) is 0 Å². The average Bonchev–Trinajstić information content (AvgIpc) is 1.75. The second-order valence-electron chi connectivity index (χ2n) is 2.74. The standard InChI is InChI=1S/C7H11NO3/c1-5(9)6(7(10)11)8-3-2-4-8/h6H,2-4H2,1H3,(H,10,11). The Balaban J connectivity index is 2.58. The number of nitrogens with zero attached hydrogens (tertiary/aromatic N) is 1. The third-order valence-corrected chi connectivity index (χ3v) is 1.87. The van der Waals surface area contributed by atoms with Crippen molar-refractivity contribution in [2.24, 2.45) is 0 Å². The van der Waals surface area contributed by atoms with Gasteiger partial charge in [-0.1, -0.05) is 0 Å². The summed E-state index contributed by atoms with van der Waals surface area (Å²) in [5, 5.41) is 8.62. The van der Waals surface area contributed by atoms with Gasteiger partial charge >= 0.3 is 5.97 Å². The normalized spacial score (nSPS) is 20.5. The Hall–Kier alpha value is -0.900. The van der Waals surface area contributed by atoms with Gasteiger partial charge in [0, 0.05) is 13.1 Å². The molecule has 1 N–H and O–H groups in total. The van der Waals surface area contributed by atoms with Crippen LogP contribution in [-0.4, -0.2) is 40.9 Å². The lowest BCUT2D eigenvalue weighted by molar-refractivity contribution is -0.149. The minimum absolute atomic E-state index is 0.280. The maximum absolute atomic E-state index is 10.8. The molecule has 4 nitrogen and oxygen atoms in total. The highest BCUT2D eigenvalue weighted by Crippen LogP contribution is 2.11. The van der Waals surface area contributed by atoms with Crippen LogP contribution in [0.25, 0.3) is 0 Å². The van der Waals surface area contributed by atoms with Gasteiger partial charge in [0.2, 0.25) is 0 Å². The molecule has 0 spiro atoms. The maximum Gasteiger partial charge on any atom is 0.328 e. The molecule has 4 heteroatoms. The number of Topliss-reactive ketones (excluding diaryl/α,β-unsaturated/α-hetero) is 1. The van der Waals surface area contributed by atoms with E-state index in [0.717, 1.165) is 19.5 Å². The van der Waals surface area contributed by atoms with E-state index in [0.29, 0.717) is 0 Å². The van der Waals surface area contributed by atoms with Crippen LogP contribution in [0.3, 0.4) is 0 Å². The average molecular weight is 157 g/mol. The van der Waals surface area contributed by atoms with Crippen LogP contribution in [0.1, 0.15) is 13.3 Å². The molecule has 0 aromatic rings. The molecule has 0 bridgehead atoms. The van der Waals surface area contributed by atoms with Gasteiger partial charge in [-0.3, -0.25) is 14.5 Å². The number of hydrogen-bond donors (Lipinski definition) is 1. The molecule has 1 unspecified atom stereocenters. The van der Waals surface area contributed by atoms with Crippen molar-refractivity contribution in [3.05, 3.63) is 0 Å². The zero-order valence-corrected chi connectivity index (χ0v) is 6.41. The Kier molecular flexibility index (Phi) is 2.24. The molecule has 1 heterocycles. The molecule has 0 aromatic heterocycles. The van der Waals surface area contributed by atoms with Gasteiger partial charge in [-0.05, 0) is 13.3 Å². The summed E-state index contributed by atoms with van der Waals surface area (Å²) >= 11 is 0. The fraction of sp³-hybridized carbons (Fsp3) is 0.714. The van der Waals surface area contributed by atoms with Gasteiger partial charge in [-0.15, -0.1) is 0 Å². The first-order valence-electron chi connectivity index (χ1n) is 3.60. The van der Waals surface area contributed by atoms with Gasteiger partial charge in [0.1, 0.15) is 0 Å². The molecule has 1 aliphatic heterocycles. The summed E-state index contributed by atoms with van der Waals surface area (Å²) in [5.74, 6) is -1.31. The molecule has 0 aliphatic carbocycles. The molecular formula is C7H11NO3. The summed E-state index contributed by atoms with van der Waals surface area (Å²) in [6, 6.07) is -0.899. The number of ketones is 1. The molecule has 0 saturated carbocycles. The Morgan fingerprint density at radius 3 is 2.09 bits per heavy atom. The first-order chi connectivity index (χ1) is 5.13. The van der Waals surface area contributed by atoms with Crippen LogP contribution in [0.5, 0.6) is 0 Å². The molecule has 1 saturated heterocycles. The quantitative estimate of drug-likeness (QED) is 0.573. The third kappa shape index (κ3) is 1.57. The maximum atomic E-state index is 10.8. The van der Waals surface area contributed by atoms with Crippen molar-refractivity contribution in [3.63, 3.8) is 0 Å². The molecule has 11 heavy (non-hydrogen) atoms. The second kappa shape index (κ2) is 3.00. The lowest BCUT2D eigenvalue weighted by atomic mass is 10.1. The monoisotopic (exact) mass is 157 g/mol. The Morgan fingerprint density at radius 1 is 1.45 bits per heavy atom. The fourth-order valence-corrected chi connectivity index (χ4v) is 1.19. The van der Waals surface area contributed by atoms with E-state index in [1.165, 1.54) is 6.92 Å². The zero-order valence-electron chi connectivity index (χ0n) is 6.41. The number of carbonyl (C=O) groups excluding carboxylic acids is 1. The molecule has 0 aromatic carbocycles. The van der Waals surface area contributed by atoms with Gasteiger partial charge in [-0.2, -0.15) is 0 Å². The van der Waals surface area contributed by atoms with Gasteiger partial charge < -0.3 is 5.11 Å². The molecule has 0 amide bonds. The van der Waals surface area contributed by atoms with Crippen molar-refractivity contribution < 1.29 is 14.7 Å². The summed E-state index contributed by atoms with van der Waals surface area (Å²) in [6.45, 7) is 2.78. The second-order valence-corrected chi connectivity index (χ2v) is 2.74. The topological polar surface area (TPSA) is 57.6 Å². The summed E-state index contributed by atoms with van der Waals surface area (Å²) in [5.41, 5.74) is 0. The molecule has 62 valence electrons. The van der Waals surface area contributed by atoms with Crippen molar-refractivity contribution >= 4 is 11.8 Å². The number of likely N-dealkylation sites (tertiary alicyclic amines) is 1. The number of carboxylic acids is 1. The summed E-state index contributed by atoms with van der Waals surface area (Å²) in [4.78, 5) is 23.0. The van der Waals surface area contributed by atoms with E-state index in [9.17, 15) is 9.59 Å². The van der Waals surface area contributed by atoms with E-state index >= 15 is 0 Å². The third-order valence-electron chi connectivity index (χ3n) is 1.87. The first kappa shape index (κ1) is 8.20. The van der Waals surface area contributed by atoms with Crippen molar-refractivity contribution in [2.75, 3.05) is 13.1 Å². The summed E-state index contributed by atoms with van der Waals surface area (Å²) in [7, 11) is 0. The van der Waals surface area contributed by atoms with Crippen molar-refractivity contribution in [2.45, 2.75) is 19.4 Å². The largest absolute Gasteiger partial charge is 0.480 e. The van der Waals surface area contributed by atoms with E-state index in [-0.39, 0.29) is 5.78 Å². The van der Waals surface area contributed by atoms with Crippen molar-refractivity contribution in [1.29, 1.82) is 0 Å². The number of hydrogen-bond acceptors (Lipinski definition) is 3. The Bertz CT molecular complexity index is 172. The highest BCUT2D eigenvalue weighted by atomic mass is 16.4.